The minimum absolute atomic E-state index is 0.747. The molecular formula is C15H18ClN3S. The molecule has 0 aliphatic rings. The van der Waals surface area contributed by atoms with Crippen LogP contribution < -0.4 is 5.32 Å². The first kappa shape index (κ1) is 15.1. The summed E-state index contributed by atoms with van der Waals surface area (Å²) in [6.45, 7) is 7.04. The molecule has 2 aromatic rings. The topological polar surface area (TPSA) is 37.8 Å². The third-order valence-electron chi connectivity index (χ3n) is 2.84. The lowest BCUT2D eigenvalue weighted by molar-refractivity contribution is 0.870. The first-order valence-corrected chi connectivity index (χ1v) is 7.88. The number of rotatable bonds is 5. The second kappa shape index (κ2) is 6.95. The zero-order valence-electron chi connectivity index (χ0n) is 11.9. The Morgan fingerprint density at radius 2 is 1.85 bits per heavy atom. The van der Waals surface area contributed by atoms with Crippen LogP contribution in [0.15, 0.2) is 34.2 Å². The van der Waals surface area contributed by atoms with E-state index in [9.17, 15) is 0 Å². The minimum atomic E-state index is 0.747. The van der Waals surface area contributed by atoms with Crippen LogP contribution in [-0.4, -0.2) is 16.5 Å². The van der Waals surface area contributed by atoms with Crippen LogP contribution in [0.5, 0.6) is 0 Å². The lowest BCUT2D eigenvalue weighted by Gasteiger charge is -2.12. The molecule has 20 heavy (non-hydrogen) atoms. The summed E-state index contributed by atoms with van der Waals surface area (Å²) in [7, 11) is 0. The Kier molecular flexibility index (Phi) is 5.26. The third-order valence-corrected chi connectivity index (χ3v) is 4.19. The summed E-state index contributed by atoms with van der Waals surface area (Å²) in [5, 5.41) is 5.04. The van der Waals surface area contributed by atoms with Gasteiger partial charge in [0.25, 0.3) is 0 Å². The van der Waals surface area contributed by atoms with Crippen LogP contribution in [0.3, 0.4) is 0 Å². The fraction of sp³-hybridized carbons (Fsp3) is 0.333. The lowest BCUT2D eigenvalue weighted by atomic mass is 10.3. The maximum absolute atomic E-state index is 5.92. The van der Waals surface area contributed by atoms with Gasteiger partial charge in [-0.3, -0.25) is 0 Å². The summed E-state index contributed by atoms with van der Waals surface area (Å²) < 4.78 is 0. The predicted molar refractivity (Wildman–Crippen MR) is 85.9 cm³/mol. The molecule has 2 rings (SSSR count). The van der Waals surface area contributed by atoms with E-state index in [1.165, 1.54) is 0 Å². The molecule has 0 bridgehead atoms. The van der Waals surface area contributed by atoms with Crippen molar-refractivity contribution in [3.8, 4) is 0 Å². The minimum Gasteiger partial charge on any atom is -0.370 e. The van der Waals surface area contributed by atoms with Crippen LogP contribution >= 0.6 is 23.4 Å². The van der Waals surface area contributed by atoms with E-state index in [0.29, 0.717) is 0 Å². The highest BCUT2D eigenvalue weighted by atomic mass is 35.5. The average Bonchev–Trinajstić information content (AvgIpc) is 2.45. The second-order valence-electron chi connectivity index (χ2n) is 4.36. The molecule has 0 aliphatic carbocycles. The maximum atomic E-state index is 5.92. The van der Waals surface area contributed by atoms with Crippen LogP contribution in [0.1, 0.15) is 25.2 Å². The average molecular weight is 308 g/mol. The largest absolute Gasteiger partial charge is 0.370 e. The Labute approximate surface area is 129 Å². The first-order valence-electron chi connectivity index (χ1n) is 6.68. The predicted octanol–water partition coefficient (Wildman–Crippen LogP) is 4.58. The van der Waals surface area contributed by atoms with Crippen LogP contribution in [0.2, 0.25) is 5.02 Å². The summed E-state index contributed by atoms with van der Waals surface area (Å²) in [5.74, 6) is 1.79. The Hall–Kier alpha value is -1.26. The standard InChI is InChI=1S/C15H18ClN3S/c1-4-13-18-14(17-5-2)10(3)15(19-13)20-12-8-6-11(16)7-9-12/h6-9H,4-5H2,1-3H3,(H,17,18,19). The zero-order valence-corrected chi connectivity index (χ0v) is 13.5. The maximum Gasteiger partial charge on any atom is 0.133 e. The van der Waals surface area contributed by atoms with Gasteiger partial charge in [0.1, 0.15) is 16.7 Å². The number of nitrogens with zero attached hydrogens (tertiary/aromatic N) is 2. The molecule has 1 N–H and O–H groups in total. The van der Waals surface area contributed by atoms with Crippen molar-refractivity contribution in [2.45, 2.75) is 37.1 Å². The monoisotopic (exact) mass is 307 g/mol. The van der Waals surface area contributed by atoms with Gasteiger partial charge in [-0.05, 0) is 38.1 Å². The Bertz CT molecular complexity index is 584. The van der Waals surface area contributed by atoms with Crippen LogP contribution in [0.25, 0.3) is 0 Å². The van der Waals surface area contributed by atoms with Crippen molar-refractivity contribution >= 4 is 29.2 Å². The van der Waals surface area contributed by atoms with Crippen LogP contribution in [-0.2, 0) is 6.42 Å². The molecule has 5 heteroatoms. The number of anilines is 1. The molecule has 0 atom stereocenters. The Morgan fingerprint density at radius 1 is 1.15 bits per heavy atom. The fourth-order valence-corrected chi connectivity index (χ4v) is 2.77. The van der Waals surface area contributed by atoms with Gasteiger partial charge in [0.2, 0.25) is 0 Å². The normalized spacial score (nSPS) is 10.6. The van der Waals surface area contributed by atoms with Gasteiger partial charge in [-0.1, -0.05) is 30.3 Å². The van der Waals surface area contributed by atoms with Gasteiger partial charge in [0.15, 0.2) is 0 Å². The van der Waals surface area contributed by atoms with Crippen molar-refractivity contribution in [1.29, 1.82) is 0 Å². The molecule has 0 unspecified atom stereocenters. The molecule has 106 valence electrons. The Morgan fingerprint density at radius 3 is 2.45 bits per heavy atom. The SMILES string of the molecule is CCNc1nc(CC)nc(Sc2ccc(Cl)cc2)c1C. The molecule has 1 aromatic carbocycles. The van der Waals surface area contributed by atoms with Gasteiger partial charge in [-0.25, -0.2) is 9.97 Å². The van der Waals surface area contributed by atoms with E-state index < -0.39 is 0 Å². The van der Waals surface area contributed by atoms with E-state index in [4.69, 9.17) is 11.6 Å². The van der Waals surface area contributed by atoms with Gasteiger partial charge in [-0.2, -0.15) is 0 Å². The Balaban J connectivity index is 2.34. The summed E-state index contributed by atoms with van der Waals surface area (Å²) >= 11 is 7.56. The van der Waals surface area contributed by atoms with Gasteiger partial charge < -0.3 is 5.32 Å². The molecule has 0 fully saturated rings. The van der Waals surface area contributed by atoms with Crippen molar-refractivity contribution < 1.29 is 0 Å². The number of hydrogen-bond acceptors (Lipinski definition) is 4. The molecular weight excluding hydrogens is 290 g/mol. The summed E-state index contributed by atoms with van der Waals surface area (Å²) in [6.07, 6.45) is 0.826. The van der Waals surface area contributed by atoms with E-state index in [-0.39, 0.29) is 0 Å². The van der Waals surface area contributed by atoms with Crippen molar-refractivity contribution in [3.05, 3.63) is 40.7 Å². The molecule has 0 aliphatic heterocycles. The number of nitrogens with one attached hydrogen (secondary N) is 1. The number of aryl methyl sites for hydroxylation is 1. The summed E-state index contributed by atoms with van der Waals surface area (Å²) in [6, 6.07) is 7.80. The van der Waals surface area contributed by atoms with E-state index in [1.54, 1.807) is 11.8 Å². The van der Waals surface area contributed by atoms with Crippen molar-refractivity contribution in [2.75, 3.05) is 11.9 Å². The molecule has 3 nitrogen and oxygen atoms in total. The van der Waals surface area contributed by atoms with Gasteiger partial charge >= 0.3 is 0 Å². The zero-order chi connectivity index (χ0) is 14.5. The fourth-order valence-electron chi connectivity index (χ4n) is 1.75. The van der Waals surface area contributed by atoms with E-state index >= 15 is 0 Å². The molecule has 0 saturated heterocycles. The van der Waals surface area contributed by atoms with Crippen LogP contribution in [0.4, 0.5) is 5.82 Å². The smallest absolute Gasteiger partial charge is 0.133 e. The molecule has 1 heterocycles. The first-order chi connectivity index (χ1) is 9.63. The van der Waals surface area contributed by atoms with Crippen LogP contribution in [0, 0.1) is 6.92 Å². The number of benzene rings is 1. The highest BCUT2D eigenvalue weighted by Crippen LogP contribution is 2.32. The summed E-state index contributed by atoms with van der Waals surface area (Å²) in [5.41, 5.74) is 1.09. The van der Waals surface area contributed by atoms with E-state index in [2.05, 4.69) is 36.1 Å². The molecule has 0 spiro atoms. The number of aromatic nitrogens is 2. The second-order valence-corrected chi connectivity index (χ2v) is 5.86. The van der Waals surface area contributed by atoms with Gasteiger partial charge in [0, 0.05) is 28.4 Å². The molecule has 0 radical (unpaired) electrons. The van der Waals surface area contributed by atoms with E-state index in [0.717, 1.165) is 45.1 Å². The van der Waals surface area contributed by atoms with Gasteiger partial charge in [-0.15, -0.1) is 0 Å². The number of halogens is 1. The van der Waals surface area contributed by atoms with Crippen molar-refractivity contribution in [2.24, 2.45) is 0 Å². The quantitative estimate of drug-likeness (QED) is 0.820. The van der Waals surface area contributed by atoms with Gasteiger partial charge in [0.05, 0.1) is 0 Å². The van der Waals surface area contributed by atoms with Crippen molar-refractivity contribution in [1.82, 2.24) is 9.97 Å². The molecule has 0 amide bonds. The molecule has 1 aromatic heterocycles. The third kappa shape index (κ3) is 3.64. The summed E-state index contributed by atoms with van der Waals surface area (Å²) in [4.78, 5) is 10.3. The van der Waals surface area contributed by atoms with E-state index in [1.807, 2.05) is 24.3 Å². The van der Waals surface area contributed by atoms with Crippen molar-refractivity contribution in [3.63, 3.8) is 0 Å². The molecule has 0 saturated carbocycles. The lowest BCUT2D eigenvalue weighted by Crippen LogP contribution is -2.07. The highest BCUT2D eigenvalue weighted by Gasteiger charge is 2.11. The highest BCUT2D eigenvalue weighted by molar-refractivity contribution is 7.99. The number of hydrogen-bond donors (Lipinski definition) is 1.